The second-order valence-electron chi connectivity index (χ2n) is 9.40. The van der Waals surface area contributed by atoms with Gasteiger partial charge in [-0.3, -0.25) is 9.59 Å². The first-order valence-corrected chi connectivity index (χ1v) is 12.4. The molecule has 3 unspecified atom stereocenters. The molecule has 4 N–H and O–H groups in total. The second kappa shape index (κ2) is 11.8. The third-order valence-corrected chi connectivity index (χ3v) is 6.98. The van der Waals surface area contributed by atoms with Crippen molar-refractivity contribution in [1.82, 2.24) is 15.5 Å². The number of nitrogens with one attached hydrogen (secondary N) is 2. The number of halogens is 1. The molecule has 6 nitrogen and oxygen atoms in total. The van der Waals surface area contributed by atoms with Crippen LogP contribution in [0.3, 0.4) is 0 Å². The summed E-state index contributed by atoms with van der Waals surface area (Å²) < 4.78 is 0. The second-order valence-corrected chi connectivity index (χ2v) is 9.83. The van der Waals surface area contributed by atoms with Crippen LogP contribution in [0.1, 0.15) is 50.4 Å². The van der Waals surface area contributed by atoms with Crippen molar-refractivity contribution in [2.24, 2.45) is 17.6 Å². The molecule has 180 valence electrons. The molecule has 0 saturated carbocycles. The first-order chi connectivity index (χ1) is 15.8. The number of fused-ring (bicyclic) bond motifs is 1. The molecule has 2 aromatic rings. The Labute approximate surface area is 202 Å². The summed E-state index contributed by atoms with van der Waals surface area (Å²) in [6.45, 7) is 8.98. The van der Waals surface area contributed by atoms with Gasteiger partial charge >= 0.3 is 0 Å². The molecule has 1 saturated heterocycles. The summed E-state index contributed by atoms with van der Waals surface area (Å²) >= 11 is 6.05. The van der Waals surface area contributed by atoms with Crippen molar-refractivity contribution >= 4 is 34.2 Å². The zero-order chi connectivity index (χ0) is 24.0. The van der Waals surface area contributed by atoms with Gasteiger partial charge in [0.05, 0.1) is 6.04 Å². The minimum Gasteiger partial charge on any atom is -0.350 e. The van der Waals surface area contributed by atoms with Crippen molar-refractivity contribution in [3.8, 4) is 0 Å². The quantitative estimate of drug-likeness (QED) is 0.517. The topological polar surface area (TPSA) is 87.5 Å². The highest BCUT2D eigenvalue weighted by Crippen LogP contribution is 2.21. The maximum Gasteiger partial charge on any atom is 0.251 e. The molecule has 33 heavy (non-hydrogen) atoms. The fraction of sp³-hybridized carbons (Fsp3) is 0.538. The monoisotopic (exact) mass is 472 g/mol. The van der Waals surface area contributed by atoms with Gasteiger partial charge in [0, 0.05) is 36.3 Å². The lowest BCUT2D eigenvalue weighted by atomic mass is 9.92. The Morgan fingerprint density at radius 3 is 2.67 bits per heavy atom. The Morgan fingerprint density at radius 1 is 1.24 bits per heavy atom. The van der Waals surface area contributed by atoms with E-state index in [-0.39, 0.29) is 23.9 Å². The van der Waals surface area contributed by atoms with Crippen LogP contribution < -0.4 is 16.4 Å². The van der Waals surface area contributed by atoms with Crippen LogP contribution in [0, 0.1) is 11.8 Å². The molecule has 7 heteroatoms. The summed E-state index contributed by atoms with van der Waals surface area (Å²) in [6, 6.07) is 10.9. The molecular weight excluding hydrogens is 436 g/mol. The van der Waals surface area contributed by atoms with E-state index >= 15 is 0 Å². The molecule has 3 rings (SSSR count). The van der Waals surface area contributed by atoms with E-state index in [0.29, 0.717) is 48.5 Å². The lowest BCUT2D eigenvalue weighted by Gasteiger charge is -2.30. The average Bonchev–Trinajstić information content (AvgIpc) is 2.94. The minimum absolute atomic E-state index is 0.0119. The molecule has 1 heterocycles. The maximum absolute atomic E-state index is 13.2. The third-order valence-electron chi connectivity index (χ3n) is 6.75. The van der Waals surface area contributed by atoms with Crippen LogP contribution in [-0.4, -0.2) is 55.0 Å². The Morgan fingerprint density at radius 2 is 1.97 bits per heavy atom. The van der Waals surface area contributed by atoms with E-state index in [1.54, 1.807) is 0 Å². The zero-order valence-corrected chi connectivity index (χ0v) is 20.7. The molecular formula is C26H37ClN4O2. The normalized spacial score (nSPS) is 20.2. The van der Waals surface area contributed by atoms with Crippen LogP contribution in [0.2, 0.25) is 5.02 Å². The number of amides is 2. The standard InChI is InChI=1S/C26H37ClN4O2/c1-4-18(17(2)3)16-31-12-10-23(30-24(9-11-28)26(31)33)15-29-25(32)21-6-5-20-14-22(27)8-7-19(20)13-21/h5-8,13-14,17-18,23-24,30H,4,9-12,15-16,28H2,1-3H3,(H,29,32). The van der Waals surface area contributed by atoms with Crippen LogP contribution in [-0.2, 0) is 4.79 Å². The van der Waals surface area contributed by atoms with Gasteiger partial charge in [-0.2, -0.15) is 0 Å². The highest BCUT2D eigenvalue weighted by Gasteiger charge is 2.31. The van der Waals surface area contributed by atoms with E-state index in [2.05, 4.69) is 31.4 Å². The Kier molecular flexibility index (Phi) is 9.12. The molecule has 0 aliphatic carbocycles. The number of nitrogens with two attached hydrogens (primary N) is 1. The average molecular weight is 473 g/mol. The summed E-state index contributed by atoms with van der Waals surface area (Å²) in [5.74, 6) is 1.01. The highest BCUT2D eigenvalue weighted by atomic mass is 35.5. The van der Waals surface area contributed by atoms with Gasteiger partial charge in [0.2, 0.25) is 5.91 Å². The molecule has 1 aliphatic rings. The van der Waals surface area contributed by atoms with Crippen LogP contribution in [0.4, 0.5) is 0 Å². The summed E-state index contributed by atoms with van der Waals surface area (Å²) in [7, 11) is 0. The van der Waals surface area contributed by atoms with Gasteiger partial charge in [-0.15, -0.1) is 0 Å². The number of carbonyl (C=O) groups excluding carboxylic acids is 2. The predicted octanol–water partition coefficient (Wildman–Crippen LogP) is 3.81. The van der Waals surface area contributed by atoms with E-state index in [4.69, 9.17) is 17.3 Å². The smallest absolute Gasteiger partial charge is 0.251 e. The number of hydrogen-bond donors (Lipinski definition) is 3. The third kappa shape index (κ3) is 6.69. The predicted molar refractivity (Wildman–Crippen MR) is 135 cm³/mol. The fourth-order valence-electron chi connectivity index (χ4n) is 4.57. The van der Waals surface area contributed by atoms with Gasteiger partial charge in [-0.05, 0) is 66.3 Å². The highest BCUT2D eigenvalue weighted by molar-refractivity contribution is 6.31. The zero-order valence-electron chi connectivity index (χ0n) is 19.9. The van der Waals surface area contributed by atoms with Crippen molar-refractivity contribution in [2.45, 2.75) is 52.1 Å². The fourth-order valence-corrected chi connectivity index (χ4v) is 4.75. The summed E-state index contributed by atoms with van der Waals surface area (Å²) in [4.78, 5) is 28.0. The van der Waals surface area contributed by atoms with Crippen LogP contribution in [0.5, 0.6) is 0 Å². The van der Waals surface area contributed by atoms with Gasteiger partial charge in [-0.1, -0.05) is 50.9 Å². The van der Waals surface area contributed by atoms with Crippen LogP contribution in [0.25, 0.3) is 10.8 Å². The lowest BCUT2D eigenvalue weighted by molar-refractivity contribution is -0.133. The van der Waals surface area contributed by atoms with E-state index in [0.717, 1.165) is 30.2 Å². The van der Waals surface area contributed by atoms with Crippen LogP contribution in [0.15, 0.2) is 36.4 Å². The van der Waals surface area contributed by atoms with E-state index in [9.17, 15) is 9.59 Å². The summed E-state index contributed by atoms with van der Waals surface area (Å²) in [5, 5.41) is 9.15. The SMILES string of the molecule is CCC(CN1CCC(CNC(=O)c2ccc3cc(Cl)ccc3c2)NC(CCN)C1=O)C(C)C. The Bertz CT molecular complexity index is 964. The number of rotatable bonds is 9. The Balaban J connectivity index is 1.64. The Hall–Kier alpha value is -2.15. The van der Waals surface area contributed by atoms with Gasteiger partial charge in [0.25, 0.3) is 5.91 Å². The largest absolute Gasteiger partial charge is 0.350 e. The van der Waals surface area contributed by atoms with Crippen molar-refractivity contribution in [2.75, 3.05) is 26.2 Å². The van der Waals surface area contributed by atoms with Crippen molar-refractivity contribution in [1.29, 1.82) is 0 Å². The van der Waals surface area contributed by atoms with Gasteiger partial charge in [0.1, 0.15) is 0 Å². The van der Waals surface area contributed by atoms with E-state index < -0.39 is 0 Å². The number of carbonyl (C=O) groups is 2. The van der Waals surface area contributed by atoms with E-state index in [1.165, 1.54) is 0 Å². The number of hydrogen-bond acceptors (Lipinski definition) is 4. The molecule has 3 atom stereocenters. The lowest BCUT2D eigenvalue weighted by Crippen LogP contribution is -2.50. The van der Waals surface area contributed by atoms with Gasteiger partial charge < -0.3 is 21.3 Å². The van der Waals surface area contributed by atoms with E-state index in [1.807, 2.05) is 41.3 Å². The first-order valence-electron chi connectivity index (χ1n) is 12.0. The summed E-state index contributed by atoms with van der Waals surface area (Å²) in [5.41, 5.74) is 6.41. The molecule has 0 aromatic heterocycles. The molecule has 2 aromatic carbocycles. The van der Waals surface area contributed by atoms with Crippen LogP contribution >= 0.6 is 11.6 Å². The molecule has 1 fully saturated rings. The molecule has 1 aliphatic heterocycles. The minimum atomic E-state index is -0.311. The molecule has 0 bridgehead atoms. The first kappa shape index (κ1) is 25.5. The molecule has 0 radical (unpaired) electrons. The molecule has 2 amide bonds. The van der Waals surface area contributed by atoms with Gasteiger partial charge in [-0.25, -0.2) is 0 Å². The van der Waals surface area contributed by atoms with Crippen molar-refractivity contribution < 1.29 is 9.59 Å². The van der Waals surface area contributed by atoms with Crippen molar-refractivity contribution in [3.05, 3.63) is 47.0 Å². The van der Waals surface area contributed by atoms with Crippen molar-refractivity contribution in [3.63, 3.8) is 0 Å². The number of nitrogens with zero attached hydrogens (tertiary/aromatic N) is 1. The van der Waals surface area contributed by atoms with Gasteiger partial charge in [0.15, 0.2) is 0 Å². The molecule has 0 spiro atoms. The summed E-state index contributed by atoms with van der Waals surface area (Å²) in [6.07, 6.45) is 2.43. The number of benzene rings is 2. The maximum atomic E-state index is 13.2.